The van der Waals surface area contributed by atoms with E-state index < -0.39 is 0 Å². The first-order valence-electron chi connectivity index (χ1n) is 6.73. The van der Waals surface area contributed by atoms with Gasteiger partial charge in [0.2, 0.25) is 0 Å². The maximum absolute atomic E-state index is 5.48. The van der Waals surface area contributed by atoms with Gasteiger partial charge in [-0.1, -0.05) is 18.7 Å². The second-order valence-corrected chi connectivity index (χ2v) is 5.05. The van der Waals surface area contributed by atoms with Crippen LogP contribution in [0.3, 0.4) is 0 Å². The van der Waals surface area contributed by atoms with Crippen LogP contribution in [0.5, 0.6) is 0 Å². The number of hydrogen-bond donors (Lipinski definition) is 1. The molecule has 0 saturated carbocycles. The van der Waals surface area contributed by atoms with Crippen LogP contribution in [0.2, 0.25) is 0 Å². The molecule has 0 bridgehead atoms. The molecular formula is C15H29NO2. The highest BCUT2D eigenvalue weighted by atomic mass is 16.5. The van der Waals surface area contributed by atoms with Crippen molar-refractivity contribution in [2.24, 2.45) is 0 Å². The van der Waals surface area contributed by atoms with Crippen molar-refractivity contribution in [2.45, 2.75) is 52.7 Å². The minimum absolute atomic E-state index is 0.279. The van der Waals surface area contributed by atoms with E-state index in [9.17, 15) is 0 Å². The van der Waals surface area contributed by atoms with Crippen molar-refractivity contribution in [3.63, 3.8) is 0 Å². The Morgan fingerprint density at radius 2 is 1.44 bits per heavy atom. The summed E-state index contributed by atoms with van der Waals surface area (Å²) in [4.78, 5) is 0. The lowest BCUT2D eigenvalue weighted by molar-refractivity contribution is 0.0798. The standard InChI is InChI=1S/C15H29NO2/c1-12(2)17-9-7-14(5)11-16-15(6)8-10-18-13(3)4/h12-13,16H,5-11H2,1-4H3. The fourth-order valence-corrected chi connectivity index (χ4v) is 1.28. The van der Waals surface area contributed by atoms with E-state index in [4.69, 9.17) is 9.47 Å². The van der Waals surface area contributed by atoms with E-state index in [1.54, 1.807) is 0 Å². The monoisotopic (exact) mass is 255 g/mol. The first-order valence-corrected chi connectivity index (χ1v) is 6.73. The molecule has 0 amide bonds. The molecule has 0 atom stereocenters. The summed E-state index contributed by atoms with van der Waals surface area (Å²) in [7, 11) is 0. The lowest BCUT2D eigenvalue weighted by atomic mass is 10.2. The van der Waals surface area contributed by atoms with E-state index in [-0.39, 0.29) is 12.2 Å². The number of rotatable bonds is 11. The van der Waals surface area contributed by atoms with E-state index in [0.717, 1.165) is 37.3 Å². The van der Waals surface area contributed by atoms with Gasteiger partial charge in [-0.05, 0) is 34.1 Å². The Morgan fingerprint density at radius 1 is 0.944 bits per heavy atom. The minimum Gasteiger partial charge on any atom is -0.385 e. The lowest BCUT2D eigenvalue weighted by Gasteiger charge is -2.13. The Morgan fingerprint density at radius 3 is 1.94 bits per heavy atom. The zero-order valence-electron chi connectivity index (χ0n) is 12.4. The predicted molar refractivity (Wildman–Crippen MR) is 77.7 cm³/mol. The molecule has 0 radical (unpaired) electrons. The fraction of sp³-hybridized carbons (Fsp3) is 0.733. The van der Waals surface area contributed by atoms with Crippen LogP contribution in [0, 0.1) is 0 Å². The first-order chi connectivity index (χ1) is 8.41. The zero-order chi connectivity index (χ0) is 14.0. The van der Waals surface area contributed by atoms with Crippen molar-refractivity contribution in [1.29, 1.82) is 0 Å². The van der Waals surface area contributed by atoms with Crippen LogP contribution in [0.4, 0.5) is 0 Å². The molecule has 0 unspecified atom stereocenters. The van der Waals surface area contributed by atoms with E-state index in [2.05, 4.69) is 18.5 Å². The Balaban J connectivity index is 3.50. The fourth-order valence-electron chi connectivity index (χ4n) is 1.28. The summed E-state index contributed by atoms with van der Waals surface area (Å²) >= 11 is 0. The minimum atomic E-state index is 0.279. The third kappa shape index (κ3) is 11.7. The Bertz CT molecular complexity index is 221. The summed E-state index contributed by atoms with van der Waals surface area (Å²) in [5.41, 5.74) is 2.14. The normalized spacial score (nSPS) is 11.0. The van der Waals surface area contributed by atoms with E-state index in [1.165, 1.54) is 0 Å². The van der Waals surface area contributed by atoms with Crippen molar-refractivity contribution in [3.05, 3.63) is 24.4 Å². The molecule has 0 aromatic heterocycles. The summed E-state index contributed by atoms with van der Waals surface area (Å²) in [6, 6.07) is 0. The summed E-state index contributed by atoms with van der Waals surface area (Å²) < 4.78 is 10.9. The summed E-state index contributed by atoms with van der Waals surface area (Å²) in [5.74, 6) is 0. The SMILES string of the molecule is C=C(CCOC(C)C)CNC(=C)CCOC(C)C. The highest BCUT2D eigenvalue weighted by Gasteiger charge is 2.00. The van der Waals surface area contributed by atoms with Crippen molar-refractivity contribution in [2.75, 3.05) is 19.8 Å². The van der Waals surface area contributed by atoms with Crippen LogP contribution >= 0.6 is 0 Å². The van der Waals surface area contributed by atoms with Gasteiger partial charge in [-0.3, -0.25) is 0 Å². The number of ether oxygens (including phenoxy) is 2. The highest BCUT2D eigenvalue weighted by molar-refractivity contribution is 5.02. The average molecular weight is 255 g/mol. The van der Waals surface area contributed by atoms with Crippen LogP contribution < -0.4 is 5.32 Å². The van der Waals surface area contributed by atoms with Crippen molar-refractivity contribution < 1.29 is 9.47 Å². The van der Waals surface area contributed by atoms with Gasteiger partial charge in [0, 0.05) is 18.7 Å². The van der Waals surface area contributed by atoms with Crippen molar-refractivity contribution in [1.82, 2.24) is 5.32 Å². The molecule has 0 spiro atoms. The van der Waals surface area contributed by atoms with Gasteiger partial charge in [0.05, 0.1) is 25.4 Å². The highest BCUT2D eigenvalue weighted by Crippen LogP contribution is 2.02. The summed E-state index contributed by atoms with van der Waals surface area (Å²) in [5, 5.41) is 3.26. The number of hydrogen-bond acceptors (Lipinski definition) is 3. The predicted octanol–water partition coefficient (Wildman–Crippen LogP) is 3.28. The van der Waals surface area contributed by atoms with Crippen molar-refractivity contribution >= 4 is 0 Å². The molecule has 0 aromatic rings. The smallest absolute Gasteiger partial charge is 0.0523 e. The van der Waals surface area contributed by atoms with Gasteiger partial charge in [-0.2, -0.15) is 0 Å². The van der Waals surface area contributed by atoms with Crippen LogP contribution in [-0.2, 0) is 9.47 Å². The molecule has 0 heterocycles. The molecule has 1 N–H and O–H groups in total. The van der Waals surface area contributed by atoms with Crippen LogP contribution in [0.25, 0.3) is 0 Å². The molecule has 0 rings (SSSR count). The summed E-state index contributed by atoms with van der Waals surface area (Å²) in [6.07, 6.45) is 2.30. The number of nitrogens with one attached hydrogen (secondary N) is 1. The molecule has 0 saturated heterocycles. The molecule has 0 aromatic carbocycles. The zero-order valence-corrected chi connectivity index (χ0v) is 12.4. The van der Waals surface area contributed by atoms with E-state index in [1.807, 2.05) is 27.7 Å². The molecule has 106 valence electrons. The Hall–Kier alpha value is -0.800. The third-order valence-electron chi connectivity index (χ3n) is 2.35. The van der Waals surface area contributed by atoms with Gasteiger partial charge in [0.25, 0.3) is 0 Å². The average Bonchev–Trinajstić information content (AvgIpc) is 2.25. The second kappa shape index (κ2) is 10.2. The van der Waals surface area contributed by atoms with E-state index in [0.29, 0.717) is 6.61 Å². The van der Waals surface area contributed by atoms with Gasteiger partial charge in [-0.15, -0.1) is 0 Å². The molecule has 0 aliphatic rings. The van der Waals surface area contributed by atoms with Gasteiger partial charge >= 0.3 is 0 Å². The van der Waals surface area contributed by atoms with E-state index >= 15 is 0 Å². The molecule has 0 fully saturated rings. The van der Waals surface area contributed by atoms with Crippen LogP contribution in [-0.4, -0.2) is 32.0 Å². The maximum Gasteiger partial charge on any atom is 0.0523 e. The Labute approximate surface area is 112 Å². The van der Waals surface area contributed by atoms with Gasteiger partial charge < -0.3 is 14.8 Å². The van der Waals surface area contributed by atoms with Crippen molar-refractivity contribution in [3.8, 4) is 0 Å². The quantitative estimate of drug-likeness (QED) is 0.575. The molecule has 18 heavy (non-hydrogen) atoms. The van der Waals surface area contributed by atoms with Crippen LogP contribution in [0.1, 0.15) is 40.5 Å². The van der Waals surface area contributed by atoms with Gasteiger partial charge in [-0.25, -0.2) is 0 Å². The first kappa shape index (κ1) is 17.2. The van der Waals surface area contributed by atoms with Gasteiger partial charge in [0.1, 0.15) is 0 Å². The molecule has 0 aliphatic heterocycles. The lowest BCUT2D eigenvalue weighted by Crippen LogP contribution is -2.18. The maximum atomic E-state index is 5.48. The topological polar surface area (TPSA) is 30.5 Å². The summed E-state index contributed by atoms with van der Waals surface area (Å²) in [6.45, 7) is 18.4. The van der Waals surface area contributed by atoms with Crippen LogP contribution in [0.15, 0.2) is 24.4 Å². The second-order valence-electron chi connectivity index (χ2n) is 5.05. The largest absolute Gasteiger partial charge is 0.385 e. The third-order valence-corrected chi connectivity index (χ3v) is 2.35. The molecule has 0 aliphatic carbocycles. The molecule has 3 heteroatoms. The molecule has 3 nitrogen and oxygen atoms in total. The molecular weight excluding hydrogens is 226 g/mol. The Kier molecular flexibility index (Phi) is 9.70. The van der Waals surface area contributed by atoms with Gasteiger partial charge in [0.15, 0.2) is 0 Å².